The van der Waals surface area contributed by atoms with Crippen molar-refractivity contribution < 1.29 is 0 Å². The number of aromatic nitrogens is 1. The van der Waals surface area contributed by atoms with Crippen LogP contribution in [-0.4, -0.2) is 11.5 Å². The lowest BCUT2D eigenvalue weighted by atomic mass is 10.0. The van der Waals surface area contributed by atoms with Crippen LogP contribution < -0.4 is 5.32 Å². The molecule has 14 heavy (non-hydrogen) atoms. The summed E-state index contributed by atoms with van der Waals surface area (Å²) in [7, 11) is 0. The van der Waals surface area contributed by atoms with E-state index in [1.807, 2.05) is 19.2 Å². The highest BCUT2D eigenvalue weighted by Crippen LogP contribution is 2.18. The van der Waals surface area contributed by atoms with Crippen molar-refractivity contribution >= 4 is 5.82 Å². The van der Waals surface area contributed by atoms with Crippen LogP contribution >= 0.6 is 0 Å². The third-order valence-corrected chi connectivity index (χ3v) is 2.04. The second-order valence-corrected chi connectivity index (χ2v) is 3.46. The molecule has 0 atom stereocenters. The van der Waals surface area contributed by atoms with Crippen molar-refractivity contribution in [2.75, 3.05) is 11.9 Å². The van der Waals surface area contributed by atoms with Crippen LogP contribution in [0.25, 0.3) is 0 Å². The quantitative estimate of drug-likeness (QED) is 0.794. The molecule has 1 N–H and O–H groups in total. The van der Waals surface area contributed by atoms with Crippen molar-refractivity contribution in [3.63, 3.8) is 0 Å². The highest BCUT2D eigenvalue weighted by atomic mass is 15.0. The van der Waals surface area contributed by atoms with Gasteiger partial charge in [-0.05, 0) is 24.5 Å². The van der Waals surface area contributed by atoms with Crippen LogP contribution in [0.3, 0.4) is 0 Å². The molecular formula is C11H15N3. The maximum Gasteiger partial charge on any atom is 0.143 e. The van der Waals surface area contributed by atoms with Gasteiger partial charge in [0, 0.05) is 12.7 Å². The van der Waals surface area contributed by atoms with Gasteiger partial charge in [0.05, 0.1) is 5.56 Å². The molecule has 3 heteroatoms. The molecule has 1 aromatic heterocycles. The normalized spacial score (nSPS) is 9.93. The van der Waals surface area contributed by atoms with E-state index in [-0.39, 0.29) is 0 Å². The molecular weight excluding hydrogens is 174 g/mol. The maximum absolute atomic E-state index is 8.92. The number of hydrogen-bond donors (Lipinski definition) is 1. The molecule has 0 saturated heterocycles. The van der Waals surface area contributed by atoms with Crippen molar-refractivity contribution in [3.8, 4) is 6.07 Å². The Morgan fingerprint density at radius 2 is 2.29 bits per heavy atom. The Morgan fingerprint density at radius 1 is 1.57 bits per heavy atom. The number of hydrogen-bond acceptors (Lipinski definition) is 3. The average Bonchev–Trinajstić information content (AvgIpc) is 2.18. The number of nitrogens with one attached hydrogen (secondary N) is 1. The second-order valence-electron chi connectivity index (χ2n) is 3.46. The van der Waals surface area contributed by atoms with Crippen LogP contribution in [0, 0.1) is 11.3 Å². The number of rotatable bonds is 3. The summed E-state index contributed by atoms with van der Waals surface area (Å²) >= 11 is 0. The smallest absolute Gasteiger partial charge is 0.143 e. The van der Waals surface area contributed by atoms with E-state index in [2.05, 4.69) is 30.2 Å². The molecule has 0 unspecified atom stereocenters. The predicted molar refractivity (Wildman–Crippen MR) is 57.2 cm³/mol. The van der Waals surface area contributed by atoms with Crippen molar-refractivity contribution in [3.05, 3.63) is 23.4 Å². The van der Waals surface area contributed by atoms with E-state index in [0.717, 1.165) is 12.1 Å². The van der Waals surface area contributed by atoms with Gasteiger partial charge < -0.3 is 5.32 Å². The summed E-state index contributed by atoms with van der Waals surface area (Å²) in [5.41, 5.74) is 1.72. The Kier molecular flexibility index (Phi) is 3.47. The van der Waals surface area contributed by atoms with Crippen LogP contribution in [0.1, 0.15) is 37.8 Å². The molecule has 0 fully saturated rings. The molecule has 0 aromatic carbocycles. The fourth-order valence-corrected chi connectivity index (χ4v) is 1.19. The minimum atomic E-state index is 0.408. The standard InChI is InChI=1S/C11H15N3/c1-4-13-11-9(6-12)5-10(7-14-11)8(2)3/h5,7-8H,4H2,1-3H3,(H,13,14). The molecule has 0 saturated carbocycles. The van der Waals surface area contributed by atoms with E-state index in [4.69, 9.17) is 5.26 Å². The Balaban J connectivity index is 3.07. The Hall–Kier alpha value is -1.56. The van der Waals surface area contributed by atoms with Gasteiger partial charge >= 0.3 is 0 Å². The molecule has 0 spiro atoms. The van der Waals surface area contributed by atoms with Crippen molar-refractivity contribution in [2.24, 2.45) is 0 Å². The summed E-state index contributed by atoms with van der Waals surface area (Å²) in [5.74, 6) is 1.09. The number of pyridine rings is 1. The minimum absolute atomic E-state index is 0.408. The molecule has 0 aliphatic rings. The van der Waals surface area contributed by atoms with Crippen LogP contribution in [0.5, 0.6) is 0 Å². The molecule has 1 aromatic rings. The predicted octanol–water partition coefficient (Wildman–Crippen LogP) is 2.51. The Bertz CT molecular complexity index is 350. The van der Waals surface area contributed by atoms with Crippen LogP contribution in [0.2, 0.25) is 0 Å². The molecule has 74 valence electrons. The lowest BCUT2D eigenvalue weighted by molar-refractivity contribution is 0.857. The molecule has 3 nitrogen and oxygen atoms in total. The summed E-state index contributed by atoms with van der Waals surface area (Å²) in [6.07, 6.45) is 1.82. The van der Waals surface area contributed by atoms with E-state index in [9.17, 15) is 0 Å². The lowest BCUT2D eigenvalue weighted by Gasteiger charge is -2.08. The van der Waals surface area contributed by atoms with Gasteiger partial charge in [-0.15, -0.1) is 0 Å². The monoisotopic (exact) mass is 189 g/mol. The SMILES string of the molecule is CCNc1ncc(C(C)C)cc1C#N. The van der Waals surface area contributed by atoms with Gasteiger partial charge in [-0.2, -0.15) is 5.26 Å². The van der Waals surface area contributed by atoms with Gasteiger partial charge in [0.25, 0.3) is 0 Å². The number of anilines is 1. The summed E-state index contributed by atoms with van der Waals surface area (Å²) < 4.78 is 0. The highest BCUT2D eigenvalue weighted by Gasteiger charge is 2.06. The molecule has 0 radical (unpaired) electrons. The van der Waals surface area contributed by atoms with Gasteiger partial charge in [-0.3, -0.25) is 0 Å². The van der Waals surface area contributed by atoms with Crippen molar-refractivity contribution in [1.82, 2.24) is 4.98 Å². The third-order valence-electron chi connectivity index (χ3n) is 2.04. The number of nitrogens with zero attached hydrogens (tertiary/aromatic N) is 2. The first-order valence-corrected chi connectivity index (χ1v) is 4.83. The van der Waals surface area contributed by atoms with Gasteiger partial charge in [0.2, 0.25) is 0 Å². The van der Waals surface area contributed by atoms with E-state index >= 15 is 0 Å². The highest BCUT2D eigenvalue weighted by molar-refractivity contribution is 5.52. The third kappa shape index (κ3) is 2.23. The van der Waals surface area contributed by atoms with E-state index < -0.39 is 0 Å². The zero-order valence-corrected chi connectivity index (χ0v) is 8.83. The first-order chi connectivity index (χ1) is 6.69. The molecule has 0 bridgehead atoms. The molecule has 0 aliphatic heterocycles. The summed E-state index contributed by atoms with van der Waals surface area (Å²) in [5, 5.41) is 12.0. The summed E-state index contributed by atoms with van der Waals surface area (Å²) in [4.78, 5) is 4.23. The van der Waals surface area contributed by atoms with E-state index in [1.54, 1.807) is 0 Å². The lowest BCUT2D eigenvalue weighted by Crippen LogP contribution is -2.03. The number of nitriles is 1. The van der Waals surface area contributed by atoms with Gasteiger partial charge in [0.15, 0.2) is 0 Å². The van der Waals surface area contributed by atoms with Gasteiger partial charge in [-0.1, -0.05) is 13.8 Å². The molecule has 1 rings (SSSR count). The first-order valence-electron chi connectivity index (χ1n) is 4.83. The van der Waals surface area contributed by atoms with Crippen molar-refractivity contribution in [1.29, 1.82) is 5.26 Å². The minimum Gasteiger partial charge on any atom is -0.369 e. The van der Waals surface area contributed by atoms with E-state index in [0.29, 0.717) is 17.3 Å². The zero-order valence-electron chi connectivity index (χ0n) is 8.83. The molecule has 0 amide bonds. The van der Waals surface area contributed by atoms with Crippen LogP contribution in [-0.2, 0) is 0 Å². The first kappa shape index (κ1) is 10.5. The largest absolute Gasteiger partial charge is 0.369 e. The Labute approximate surface area is 84.8 Å². The second kappa shape index (κ2) is 4.61. The fourth-order valence-electron chi connectivity index (χ4n) is 1.19. The van der Waals surface area contributed by atoms with Crippen molar-refractivity contribution in [2.45, 2.75) is 26.7 Å². The van der Waals surface area contributed by atoms with Crippen LogP contribution in [0.15, 0.2) is 12.3 Å². The average molecular weight is 189 g/mol. The van der Waals surface area contributed by atoms with Crippen LogP contribution in [0.4, 0.5) is 5.82 Å². The zero-order chi connectivity index (χ0) is 10.6. The van der Waals surface area contributed by atoms with E-state index in [1.165, 1.54) is 0 Å². The van der Waals surface area contributed by atoms with Gasteiger partial charge in [-0.25, -0.2) is 4.98 Å². The van der Waals surface area contributed by atoms with Gasteiger partial charge in [0.1, 0.15) is 11.9 Å². The topological polar surface area (TPSA) is 48.7 Å². The summed E-state index contributed by atoms with van der Waals surface area (Å²) in [6, 6.07) is 4.05. The fraction of sp³-hybridized carbons (Fsp3) is 0.455. The Morgan fingerprint density at radius 3 is 2.79 bits per heavy atom. The summed E-state index contributed by atoms with van der Waals surface area (Å²) in [6.45, 7) is 6.94. The maximum atomic E-state index is 8.92. The molecule has 0 aliphatic carbocycles. The molecule has 1 heterocycles.